The Morgan fingerprint density at radius 3 is 2.65 bits per heavy atom. The van der Waals surface area contributed by atoms with Gasteiger partial charge in [0, 0.05) is 17.1 Å². The lowest BCUT2D eigenvalue weighted by Crippen LogP contribution is -2.29. The lowest BCUT2D eigenvalue weighted by atomic mass is 10.1. The fraction of sp³-hybridized carbons (Fsp3) is 0.130. The summed E-state index contributed by atoms with van der Waals surface area (Å²) in [6, 6.07) is 17.8. The van der Waals surface area contributed by atoms with E-state index in [1.807, 2.05) is 36.4 Å². The third kappa shape index (κ3) is 3.71. The van der Waals surface area contributed by atoms with Crippen LogP contribution in [0.5, 0.6) is 11.5 Å². The topological polar surface area (TPSA) is 95.3 Å². The van der Waals surface area contributed by atoms with Gasteiger partial charge in [-0.2, -0.15) is 5.10 Å². The van der Waals surface area contributed by atoms with Crippen molar-refractivity contribution in [1.82, 2.24) is 20.1 Å². The maximum absolute atomic E-state index is 12.9. The number of carbonyl (C=O) groups is 1. The molecule has 0 radical (unpaired) electrons. The van der Waals surface area contributed by atoms with E-state index in [-0.39, 0.29) is 31.3 Å². The van der Waals surface area contributed by atoms with E-state index in [0.717, 1.165) is 5.69 Å². The van der Waals surface area contributed by atoms with Crippen LogP contribution < -0.4 is 20.3 Å². The molecule has 2 aromatic carbocycles. The Morgan fingerprint density at radius 1 is 1.00 bits per heavy atom. The van der Waals surface area contributed by atoms with Crippen molar-refractivity contribution in [3.8, 4) is 11.5 Å². The highest BCUT2D eigenvalue weighted by molar-refractivity contribution is 5.95. The second-order valence-electron chi connectivity index (χ2n) is 7.03. The average molecular weight is 414 g/mol. The molecule has 1 aliphatic rings. The van der Waals surface area contributed by atoms with Crippen molar-refractivity contribution in [3.63, 3.8) is 0 Å². The number of fused-ring (bicyclic) bond motifs is 2. The van der Waals surface area contributed by atoms with E-state index in [4.69, 9.17) is 9.47 Å². The van der Waals surface area contributed by atoms with E-state index in [9.17, 15) is 9.59 Å². The predicted octanol–water partition coefficient (Wildman–Crippen LogP) is 2.50. The van der Waals surface area contributed by atoms with Crippen molar-refractivity contribution in [2.75, 3.05) is 6.79 Å². The molecule has 31 heavy (non-hydrogen) atoms. The number of benzene rings is 2. The first-order valence-electron chi connectivity index (χ1n) is 9.75. The summed E-state index contributed by atoms with van der Waals surface area (Å²) < 4.78 is 12.0. The van der Waals surface area contributed by atoms with E-state index < -0.39 is 0 Å². The van der Waals surface area contributed by atoms with Crippen LogP contribution in [0.2, 0.25) is 0 Å². The highest BCUT2D eigenvalue weighted by Crippen LogP contribution is 2.32. The van der Waals surface area contributed by atoms with Gasteiger partial charge in [0.2, 0.25) is 6.79 Å². The minimum atomic E-state index is -0.272. The van der Waals surface area contributed by atoms with E-state index in [0.29, 0.717) is 33.5 Å². The first-order valence-corrected chi connectivity index (χ1v) is 9.75. The summed E-state index contributed by atoms with van der Waals surface area (Å²) in [6.07, 6.45) is 1.67. The molecule has 0 saturated carbocycles. The van der Waals surface area contributed by atoms with Crippen molar-refractivity contribution in [3.05, 3.63) is 94.2 Å². The summed E-state index contributed by atoms with van der Waals surface area (Å²) in [5.74, 6) is 0.887. The summed E-state index contributed by atoms with van der Waals surface area (Å²) in [5.41, 5.74) is 1.57. The number of hydrogen-bond acceptors (Lipinski definition) is 6. The molecule has 0 fully saturated rings. The highest BCUT2D eigenvalue weighted by Gasteiger charge is 2.17. The number of pyridine rings is 1. The van der Waals surface area contributed by atoms with Crippen molar-refractivity contribution >= 4 is 16.7 Å². The number of nitrogens with one attached hydrogen (secondary N) is 1. The van der Waals surface area contributed by atoms with Crippen LogP contribution in [0.4, 0.5) is 0 Å². The Labute approximate surface area is 177 Å². The van der Waals surface area contributed by atoms with Crippen LogP contribution >= 0.6 is 0 Å². The van der Waals surface area contributed by atoms with Gasteiger partial charge in [-0.3, -0.25) is 14.6 Å². The number of hydrogen-bond donors (Lipinski definition) is 1. The van der Waals surface area contributed by atoms with Crippen LogP contribution in [0.15, 0.2) is 71.7 Å². The standard InChI is InChI=1S/C23H18N4O4/c28-22(15-8-9-20-21(11-15)31-14-30-20)25-12-19-17-6-1-2-7-18(17)23(29)27(26-19)13-16-5-3-4-10-24-16/h1-11H,12-14H2,(H,25,28). The molecule has 1 N–H and O–H groups in total. The molecule has 0 bridgehead atoms. The van der Waals surface area contributed by atoms with E-state index >= 15 is 0 Å². The average Bonchev–Trinajstić information content (AvgIpc) is 3.28. The third-order valence-electron chi connectivity index (χ3n) is 5.03. The van der Waals surface area contributed by atoms with Gasteiger partial charge in [-0.1, -0.05) is 24.3 Å². The fourth-order valence-corrected chi connectivity index (χ4v) is 3.49. The molecule has 3 heterocycles. The summed E-state index contributed by atoms with van der Waals surface area (Å²) in [7, 11) is 0. The molecule has 4 aromatic rings. The smallest absolute Gasteiger partial charge is 0.275 e. The SMILES string of the molecule is O=C(NCc1nn(Cc2ccccn2)c(=O)c2ccccc12)c1ccc2c(c1)OCO2. The Morgan fingerprint density at radius 2 is 1.81 bits per heavy atom. The number of ether oxygens (including phenoxy) is 2. The summed E-state index contributed by atoms with van der Waals surface area (Å²) in [5, 5.41) is 8.65. The van der Waals surface area contributed by atoms with Gasteiger partial charge in [0.05, 0.1) is 29.9 Å². The number of aromatic nitrogens is 3. The zero-order valence-corrected chi connectivity index (χ0v) is 16.4. The molecule has 0 atom stereocenters. The molecule has 2 aromatic heterocycles. The number of carbonyl (C=O) groups excluding carboxylic acids is 1. The van der Waals surface area contributed by atoms with E-state index in [1.165, 1.54) is 4.68 Å². The first-order chi connectivity index (χ1) is 15.2. The first kappa shape index (κ1) is 18.8. The molecule has 0 saturated heterocycles. The summed E-state index contributed by atoms with van der Waals surface area (Å²) in [6.45, 7) is 0.554. The van der Waals surface area contributed by atoms with Gasteiger partial charge in [-0.15, -0.1) is 0 Å². The normalized spacial score (nSPS) is 12.1. The molecule has 1 amide bonds. The molecule has 1 aliphatic heterocycles. The highest BCUT2D eigenvalue weighted by atomic mass is 16.7. The van der Waals surface area contributed by atoms with Gasteiger partial charge in [0.25, 0.3) is 11.5 Å². The maximum atomic E-state index is 12.9. The largest absolute Gasteiger partial charge is 0.454 e. The van der Waals surface area contributed by atoms with Gasteiger partial charge in [-0.25, -0.2) is 4.68 Å². The summed E-state index contributed by atoms with van der Waals surface area (Å²) >= 11 is 0. The monoisotopic (exact) mass is 414 g/mol. The van der Waals surface area contributed by atoms with Crippen molar-refractivity contribution in [1.29, 1.82) is 0 Å². The van der Waals surface area contributed by atoms with Gasteiger partial charge in [0.15, 0.2) is 11.5 Å². The van der Waals surface area contributed by atoms with E-state index in [2.05, 4.69) is 15.4 Å². The van der Waals surface area contributed by atoms with Gasteiger partial charge >= 0.3 is 0 Å². The zero-order valence-electron chi connectivity index (χ0n) is 16.4. The number of nitrogens with zero attached hydrogens (tertiary/aromatic N) is 3. The van der Waals surface area contributed by atoms with Crippen LogP contribution in [0.25, 0.3) is 10.8 Å². The molecule has 8 heteroatoms. The molecule has 0 aliphatic carbocycles. The lowest BCUT2D eigenvalue weighted by Gasteiger charge is -2.12. The van der Waals surface area contributed by atoms with Crippen LogP contribution in [0.3, 0.4) is 0 Å². The summed E-state index contributed by atoms with van der Waals surface area (Å²) in [4.78, 5) is 29.9. The van der Waals surface area contributed by atoms with Crippen molar-refractivity contribution in [2.45, 2.75) is 13.1 Å². The van der Waals surface area contributed by atoms with Crippen LogP contribution in [0.1, 0.15) is 21.7 Å². The molecule has 8 nitrogen and oxygen atoms in total. The zero-order chi connectivity index (χ0) is 21.2. The second-order valence-corrected chi connectivity index (χ2v) is 7.03. The van der Waals surface area contributed by atoms with Crippen molar-refractivity contribution < 1.29 is 14.3 Å². The number of amides is 1. The van der Waals surface area contributed by atoms with Crippen LogP contribution in [-0.2, 0) is 13.1 Å². The Bertz CT molecular complexity index is 1330. The van der Waals surface area contributed by atoms with Gasteiger partial charge in [-0.05, 0) is 36.4 Å². The third-order valence-corrected chi connectivity index (χ3v) is 5.03. The Kier molecular flexibility index (Phi) is 4.80. The lowest BCUT2D eigenvalue weighted by molar-refractivity contribution is 0.0950. The fourth-order valence-electron chi connectivity index (χ4n) is 3.49. The minimum absolute atomic E-state index is 0.147. The Hall–Kier alpha value is -4.20. The second kappa shape index (κ2) is 7.91. The predicted molar refractivity (Wildman–Crippen MR) is 113 cm³/mol. The maximum Gasteiger partial charge on any atom is 0.275 e. The van der Waals surface area contributed by atoms with Gasteiger partial charge in [0.1, 0.15) is 0 Å². The van der Waals surface area contributed by atoms with Gasteiger partial charge < -0.3 is 14.8 Å². The molecule has 154 valence electrons. The van der Waals surface area contributed by atoms with Crippen LogP contribution in [-0.4, -0.2) is 27.5 Å². The van der Waals surface area contributed by atoms with E-state index in [1.54, 1.807) is 30.5 Å². The number of rotatable bonds is 5. The molecular formula is C23H18N4O4. The molecular weight excluding hydrogens is 396 g/mol. The molecule has 0 unspecified atom stereocenters. The minimum Gasteiger partial charge on any atom is -0.454 e. The Balaban J connectivity index is 1.44. The molecule has 0 spiro atoms. The van der Waals surface area contributed by atoms with Crippen LogP contribution in [0, 0.1) is 0 Å². The van der Waals surface area contributed by atoms with Crippen molar-refractivity contribution in [2.24, 2.45) is 0 Å². The quantitative estimate of drug-likeness (QED) is 0.539. The molecule has 5 rings (SSSR count).